The highest BCUT2D eigenvalue weighted by Crippen LogP contribution is 2.21. The summed E-state index contributed by atoms with van der Waals surface area (Å²) in [5, 5.41) is 4.19. The molecule has 0 aliphatic rings. The molecular formula is C9H15ClN2O3S. The zero-order valence-corrected chi connectivity index (χ0v) is 11.1. The summed E-state index contributed by atoms with van der Waals surface area (Å²) in [4.78, 5) is 0. The minimum Gasteiger partial charge on any atom is -0.490 e. The molecule has 0 unspecified atom stereocenters. The van der Waals surface area contributed by atoms with Crippen molar-refractivity contribution in [1.29, 1.82) is 0 Å². The third-order valence-corrected chi connectivity index (χ3v) is 3.46. The van der Waals surface area contributed by atoms with Gasteiger partial charge in [-0.15, -0.1) is 0 Å². The Morgan fingerprint density at radius 2 is 2.06 bits per heavy atom. The highest BCUT2D eigenvalue weighted by molar-refractivity contribution is 8.13. The lowest BCUT2D eigenvalue weighted by Crippen LogP contribution is -2.05. The van der Waals surface area contributed by atoms with Crippen LogP contribution < -0.4 is 4.74 Å². The second kappa shape index (κ2) is 5.05. The lowest BCUT2D eigenvalue weighted by Gasteiger charge is -2.05. The van der Waals surface area contributed by atoms with Gasteiger partial charge in [0.25, 0.3) is 0 Å². The molecule has 1 aromatic rings. The SMILES string of the molecule is Cc1nn(C)c(C)c1OCCCS(=O)(=O)Cl. The molecule has 0 aliphatic heterocycles. The second-order valence-electron chi connectivity index (χ2n) is 3.57. The highest BCUT2D eigenvalue weighted by Gasteiger charge is 2.11. The summed E-state index contributed by atoms with van der Waals surface area (Å²) in [6.45, 7) is 4.06. The van der Waals surface area contributed by atoms with E-state index in [0.717, 1.165) is 17.1 Å². The monoisotopic (exact) mass is 266 g/mol. The van der Waals surface area contributed by atoms with Crippen molar-refractivity contribution < 1.29 is 13.2 Å². The van der Waals surface area contributed by atoms with Crippen LogP contribution in [0.2, 0.25) is 0 Å². The molecule has 0 fully saturated rings. The van der Waals surface area contributed by atoms with Gasteiger partial charge in [-0.3, -0.25) is 4.68 Å². The third-order valence-electron chi connectivity index (χ3n) is 2.22. The average molecular weight is 267 g/mol. The van der Waals surface area contributed by atoms with Crippen molar-refractivity contribution in [2.75, 3.05) is 12.4 Å². The molecule has 0 radical (unpaired) electrons. The van der Waals surface area contributed by atoms with Crippen LogP contribution >= 0.6 is 10.7 Å². The number of nitrogens with zero attached hydrogens (tertiary/aromatic N) is 2. The van der Waals surface area contributed by atoms with Gasteiger partial charge in [0.2, 0.25) is 9.05 Å². The molecule has 0 saturated carbocycles. The van der Waals surface area contributed by atoms with E-state index in [-0.39, 0.29) is 5.75 Å². The maximum Gasteiger partial charge on any atom is 0.232 e. The molecule has 7 heteroatoms. The van der Waals surface area contributed by atoms with Gasteiger partial charge in [0, 0.05) is 17.7 Å². The van der Waals surface area contributed by atoms with Crippen molar-refractivity contribution in [2.45, 2.75) is 20.3 Å². The van der Waals surface area contributed by atoms with Gasteiger partial charge in [-0.2, -0.15) is 5.10 Å². The number of aromatic nitrogens is 2. The number of hydrogen-bond donors (Lipinski definition) is 0. The summed E-state index contributed by atoms with van der Waals surface area (Å²) < 4.78 is 28.6. The fraction of sp³-hybridized carbons (Fsp3) is 0.667. The first-order valence-electron chi connectivity index (χ1n) is 4.86. The molecule has 0 bridgehead atoms. The number of ether oxygens (including phenoxy) is 1. The van der Waals surface area contributed by atoms with Gasteiger partial charge in [0.1, 0.15) is 5.69 Å². The van der Waals surface area contributed by atoms with Crippen LogP contribution in [0.1, 0.15) is 17.8 Å². The Labute approximate surface area is 99.8 Å². The normalized spacial score (nSPS) is 11.8. The third kappa shape index (κ3) is 3.68. The highest BCUT2D eigenvalue weighted by atomic mass is 35.7. The average Bonchev–Trinajstić information content (AvgIpc) is 2.36. The van der Waals surface area contributed by atoms with E-state index in [0.29, 0.717) is 13.0 Å². The molecule has 0 saturated heterocycles. The minimum absolute atomic E-state index is 0.0765. The smallest absolute Gasteiger partial charge is 0.232 e. The molecule has 1 rings (SSSR count). The Bertz CT molecular complexity index is 467. The van der Waals surface area contributed by atoms with Gasteiger partial charge in [-0.25, -0.2) is 8.42 Å². The molecule has 1 aromatic heterocycles. The summed E-state index contributed by atoms with van der Waals surface area (Å²) in [5.74, 6) is 0.641. The largest absolute Gasteiger partial charge is 0.490 e. The summed E-state index contributed by atoms with van der Waals surface area (Å²) in [5.41, 5.74) is 1.72. The first-order chi connectivity index (χ1) is 7.31. The summed E-state index contributed by atoms with van der Waals surface area (Å²) in [6, 6.07) is 0. The van der Waals surface area contributed by atoms with Crippen LogP contribution in [0.5, 0.6) is 5.75 Å². The van der Waals surface area contributed by atoms with Crippen LogP contribution in [0.15, 0.2) is 0 Å². The number of hydrogen-bond acceptors (Lipinski definition) is 4. The first kappa shape index (κ1) is 13.3. The fourth-order valence-corrected chi connectivity index (χ4v) is 2.16. The van der Waals surface area contributed by atoms with E-state index < -0.39 is 9.05 Å². The molecule has 0 spiro atoms. The molecule has 0 N–H and O–H groups in total. The van der Waals surface area contributed by atoms with E-state index in [1.807, 2.05) is 20.9 Å². The van der Waals surface area contributed by atoms with Crippen molar-refractivity contribution >= 4 is 19.7 Å². The van der Waals surface area contributed by atoms with Crippen molar-refractivity contribution in [3.05, 3.63) is 11.4 Å². The number of aryl methyl sites for hydroxylation is 2. The molecule has 16 heavy (non-hydrogen) atoms. The fourth-order valence-electron chi connectivity index (χ4n) is 1.37. The second-order valence-corrected chi connectivity index (χ2v) is 6.47. The Kier molecular flexibility index (Phi) is 4.21. The minimum atomic E-state index is -3.42. The number of rotatable bonds is 5. The van der Waals surface area contributed by atoms with Crippen LogP contribution in [-0.2, 0) is 16.1 Å². The van der Waals surface area contributed by atoms with E-state index in [9.17, 15) is 8.42 Å². The van der Waals surface area contributed by atoms with Crippen molar-refractivity contribution in [3.8, 4) is 5.75 Å². The Morgan fingerprint density at radius 3 is 2.50 bits per heavy atom. The maximum atomic E-state index is 10.7. The number of halogens is 1. The van der Waals surface area contributed by atoms with E-state index in [2.05, 4.69) is 5.10 Å². The van der Waals surface area contributed by atoms with Crippen molar-refractivity contribution in [1.82, 2.24) is 9.78 Å². The molecule has 0 amide bonds. The predicted molar refractivity (Wildman–Crippen MR) is 62.4 cm³/mol. The molecule has 0 aromatic carbocycles. The quantitative estimate of drug-likeness (QED) is 0.597. The van der Waals surface area contributed by atoms with Crippen molar-refractivity contribution in [3.63, 3.8) is 0 Å². The van der Waals surface area contributed by atoms with Crippen LogP contribution in [0, 0.1) is 13.8 Å². The first-order valence-corrected chi connectivity index (χ1v) is 7.34. The zero-order chi connectivity index (χ0) is 12.3. The van der Waals surface area contributed by atoms with E-state index in [1.165, 1.54) is 0 Å². The van der Waals surface area contributed by atoms with Crippen molar-refractivity contribution in [2.24, 2.45) is 7.05 Å². The molecule has 1 heterocycles. The molecule has 5 nitrogen and oxygen atoms in total. The molecule has 0 aliphatic carbocycles. The van der Waals surface area contributed by atoms with Gasteiger partial charge in [0.05, 0.1) is 18.1 Å². The van der Waals surface area contributed by atoms with Gasteiger partial charge in [0.15, 0.2) is 5.75 Å². The summed E-state index contributed by atoms with van der Waals surface area (Å²) >= 11 is 0. The standard InChI is InChI=1S/C9H15ClN2O3S/c1-7-9(8(2)12(3)11-7)15-5-4-6-16(10,13)14/h4-6H2,1-3H3. The topological polar surface area (TPSA) is 61.2 Å². The Morgan fingerprint density at radius 1 is 1.44 bits per heavy atom. The lowest BCUT2D eigenvalue weighted by molar-refractivity contribution is 0.313. The van der Waals surface area contributed by atoms with Gasteiger partial charge in [-0.1, -0.05) is 0 Å². The van der Waals surface area contributed by atoms with Crippen LogP contribution in [0.3, 0.4) is 0 Å². The van der Waals surface area contributed by atoms with Gasteiger partial charge >= 0.3 is 0 Å². The van der Waals surface area contributed by atoms with E-state index in [1.54, 1.807) is 4.68 Å². The summed E-state index contributed by atoms with van der Waals surface area (Å²) in [7, 11) is 3.49. The van der Waals surface area contributed by atoms with E-state index in [4.69, 9.17) is 15.4 Å². The van der Waals surface area contributed by atoms with Gasteiger partial charge in [-0.05, 0) is 20.3 Å². The van der Waals surface area contributed by atoms with Crippen LogP contribution in [0.25, 0.3) is 0 Å². The lowest BCUT2D eigenvalue weighted by atomic mass is 10.3. The maximum absolute atomic E-state index is 10.7. The molecule has 0 atom stereocenters. The molecular weight excluding hydrogens is 252 g/mol. The van der Waals surface area contributed by atoms with Crippen LogP contribution in [0.4, 0.5) is 0 Å². The molecule has 92 valence electrons. The Hall–Kier alpha value is -0.750. The van der Waals surface area contributed by atoms with E-state index >= 15 is 0 Å². The summed E-state index contributed by atoms with van der Waals surface area (Å²) in [6.07, 6.45) is 0.375. The predicted octanol–water partition coefficient (Wildman–Crippen LogP) is 1.37. The zero-order valence-electron chi connectivity index (χ0n) is 9.53. The Balaban J connectivity index is 2.49. The van der Waals surface area contributed by atoms with Crippen LogP contribution in [-0.4, -0.2) is 30.6 Å². The van der Waals surface area contributed by atoms with Gasteiger partial charge < -0.3 is 4.74 Å².